The van der Waals surface area contributed by atoms with Gasteiger partial charge in [0.2, 0.25) is 0 Å². The Morgan fingerprint density at radius 3 is 2.86 bits per heavy atom. The summed E-state index contributed by atoms with van der Waals surface area (Å²) in [5.41, 5.74) is 0.965. The maximum absolute atomic E-state index is 5.39. The first-order valence-electron chi connectivity index (χ1n) is 4.82. The molecular formula is C10H17N3O. The average Bonchev–Trinajstić information content (AvgIpc) is 2.12. The molecule has 0 aliphatic rings. The van der Waals surface area contributed by atoms with Crippen molar-refractivity contribution < 1.29 is 4.74 Å². The second-order valence-corrected chi connectivity index (χ2v) is 3.39. The van der Waals surface area contributed by atoms with Crippen LogP contribution in [0.2, 0.25) is 0 Å². The van der Waals surface area contributed by atoms with E-state index in [-0.39, 0.29) is 6.10 Å². The molecule has 0 atom stereocenters. The zero-order valence-corrected chi connectivity index (χ0v) is 8.95. The van der Waals surface area contributed by atoms with Gasteiger partial charge in [0.1, 0.15) is 12.1 Å². The van der Waals surface area contributed by atoms with E-state index in [1.54, 1.807) is 6.33 Å². The molecule has 0 spiro atoms. The Balaban J connectivity index is 2.25. The molecular weight excluding hydrogens is 178 g/mol. The Labute approximate surface area is 84.7 Å². The van der Waals surface area contributed by atoms with Gasteiger partial charge in [-0.2, -0.15) is 0 Å². The second kappa shape index (κ2) is 5.54. The van der Waals surface area contributed by atoms with Crippen molar-refractivity contribution in [2.45, 2.75) is 26.9 Å². The summed E-state index contributed by atoms with van der Waals surface area (Å²) < 4.78 is 5.39. The van der Waals surface area contributed by atoms with E-state index < -0.39 is 0 Å². The Kier molecular flexibility index (Phi) is 4.32. The van der Waals surface area contributed by atoms with Crippen molar-refractivity contribution in [3.05, 3.63) is 18.1 Å². The molecule has 0 unspecified atom stereocenters. The van der Waals surface area contributed by atoms with Gasteiger partial charge in [-0.25, -0.2) is 9.97 Å². The highest BCUT2D eigenvalue weighted by molar-refractivity contribution is 5.34. The number of aromatic nitrogens is 2. The number of rotatable bonds is 5. The monoisotopic (exact) mass is 195 g/mol. The number of hydrogen-bond donors (Lipinski definition) is 1. The Hall–Kier alpha value is -1.16. The van der Waals surface area contributed by atoms with E-state index in [1.807, 2.05) is 26.8 Å². The van der Waals surface area contributed by atoms with Crippen LogP contribution in [-0.4, -0.2) is 29.2 Å². The average molecular weight is 195 g/mol. The number of anilines is 1. The number of nitrogens with zero attached hydrogens (tertiary/aromatic N) is 2. The van der Waals surface area contributed by atoms with Gasteiger partial charge in [0.15, 0.2) is 0 Å². The van der Waals surface area contributed by atoms with Crippen LogP contribution in [0.5, 0.6) is 0 Å². The van der Waals surface area contributed by atoms with Crippen molar-refractivity contribution in [1.29, 1.82) is 0 Å². The van der Waals surface area contributed by atoms with Crippen LogP contribution in [-0.2, 0) is 4.74 Å². The summed E-state index contributed by atoms with van der Waals surface area (Å²) in [6.45, 7) is 7.45. The van der Waals surface area contributed by atoms with E-state index >= 15 is 0 Å². The summed E-state index contributed by atoms with van der Waals surface area (Å²) in [6.07, 6.45) is 1.84. The van der Waals surface area contributed by atoms with Gasteiger partial charge in [0.25, 0.3) is 0 Å². The van der Waals surface area contributed by atoms with E-state index in [4.69, 9.17) is 4.74 Å². The molecule has 0 saturated carbocycles. The summed E-state index contributed by atoms with van der Waals surface area (Å²) in [5, 5.41) is 3.16. The first-order chi connectivity index (χ1) is 6.68. The predicted octanol–water partition coefficient (Wildman–Crippen LogP) is 1.62. The van der Waals surface area contributed by atoms with Crippen LogP contribution >= 0.6 is 0 Å². The number of nitrogens with one attached hydrogen (secondary N) is 1. The van der Waals surface area contributed by atoms with Crippen LogP contribution in [0, 0.1) is 6.92 Å². The molecule has 1 aromatic rings. The van der Waals surface area contributed by atoms with Gasteiger partial charge in [-0.15, -0.1) is 0 Å². The first kappa shape index (κ1) is 10.9. The molecule has 0 aliphatic heterocycles. The largest absolute Gasteiger partial charge is 0.377 e. The van der Waals surface area contributed by atoms with Gasteiger partial charge < -0.3 is 10.1 Å². The molecule has 4 heteroatoms. The van der Waals surface area contributed by atoms with Gasteiger partial charge in [0.05, 0.1) is 12.7 Å². The smallest absolute Gasteiger partial charge is 0.129 e. The van der Waals surface area contributed by atoms with Crippen LogP contribution in [0.4, 0.5) is 5.82 Å². The third-order valence-corrected chi connectivity index (χ3v) is 1.66. The fourth-order valence-electron chi connectivity index (χ4n) is 1.02. The summed E-state index contributed by atoms with van der Waals surface area (Å²) in [4.78, 5) is 8.09. The maximum atomic E-state index is 5.39. The molecule has 1 N–H and O–H groups in total. The third-order valence-electron chi connectivity index (χ3n) is 1.66. The summed E-state index contributed by atoms with van der Waals surface area (Å²) in [7, 11) is 0. The van der Waals surface area contributed by atoms with Crippen LogP contribution in [0.1, 0.15) is 19.5 Å². The zero-order valence-electron chi connectivity index (χ0n) is 8.95. The van der Waals surface area contributed by atoms with Crippen LogP contribution < -0.4 is 5.32 Å². The molecule has 0 aliphatic carbocycles. The molecule has 14 heavy (non-hydrogen) atoms. The molecule has 0 saturated heterocycles. The van der Waals surface area contributed by atoms with Crippen molar-refractivity contribution in [3.63, 3.8) is 0 Å². The normalized spacial score (nSPS) is 10.6. The summed E-state index contributed by atoms with van der Waals surface area (Å²) in [6, 6.07) is 1.91. The van der Waals surface area contributed by atoms with Crippen LogP contribution in [0.3, 0.4) is 0 Å². The van der Waals surface area contributed by atoms with Gasteiger partial charge >= 0.3 is 0 Å². The highest BCUT2D eigenvalue weighted by atomic mass is 16.5. The second-order valence-electron chi connectivity index (χ2n) is 3.39. The number of hydrogen-bond acceptors (Lipinski definition) is 4. The molecule has 1 heterocycles. The van der Waals surface area contributed by atoms with Crippen molar-refractivity contribution >= 4 is 5.82 Å². The van der Waals surface area contributed by atoms with E-state index in [9.17, 15) is 0 Å². The highest BCUT2D eigenvalue weighted by Gasteiger charge is 1.95. The number of aryl methyl sites for hydroxylation is 1. The van der Waals surface area contributed by atoms with Crippen LogP contribution in [0.15, 0.2) is 12.4 Å². The van der Waals surface area contributed by atoms with Gasteiger partial charge in [-0.3, -0.25) is 0 Å². The lowest BCUT2D eigenvalue weighted by Gasteiger charge is -2.08. The highest BCUT2D eigenvalue weighted by Crippen LogP contribution is 2.01. The molecule has 0 amide bonds. The van der Waals surface area contributed by atoms with Gasteiger partial charge in [-0.1, -0.05) is 0 Å². The topological polar surface area (TPSA) is 47.0 Å². The molecule has 0 bridgehead atoms. The fourth-order valence-corrected chi connectivity index (χ4v) is 1.02. The maximum Gasteiger partial charge on any atom is 0.129 e. The Bertz CT molecular complexity index is 276. The molecule has 4 nitrogen and oxygen atoms in total. The van der Waals surface area contributed by atoms with E-state index in [1.165, 1.54) is 0 Å². The van der Waals surface area contributed by atoms with E-state index in [0.29, 0.717) is 6.61 Å². The van der Waals surface area contributed by atoms with Gasteiger partial charge in [0, 0.05) is 18.3 Å². The lowest BCUT2D eigenvalue weighted by Crippen LogP contribution is -2.13. The number of ether oxygens (including phenoxy) is 1. The minimum atomic E-state index is 0.281. The molecule has 78 valence electrons. The SMILES string of the molecule is Cc1cc(NCCOC(C)C)ncn1. The fraction of sp³-hybridized carbons (Fsp3) is 0.600. The molecule has 1 aromatic heterocycles. The quantitative estimate of drug-likeness (QED) is 0.725. The minimum Gasteiger partial charge on any atom is -0.377 e. The van der Waals surface area contributed by atoms with Crippen LogP contribution in [0.25, 0.3) is 0 Å². The minimum absolute atomic E-state index is 0.281. The van der Waals surface area contributed by atoms with E-state index in [0.717, 1.165) is 18.1 Å². The first-order valence-corrected chi connectivity index (χ1v) is 4.82. The third kappa shape index (κ3) is 4.18. The summed E-state index contributed by atoms with van der Waals surface area (Å²) in [5.74, 6) is 0.852. The lowest BCUT2D eigenvalue weighted by atomic mass is 10.4. The predicted molar refractivity (Wildman–Crippen MR) is 56.3 cm³/mol. The lowest BCUT2D eigenvalue weighted by molar-refractivity contribution is 0.0870. The Morgan fingerprint density at radius 2 is 2.21 bits per heavy atom. The van der Waals surface area contributed by atoms with E-state index in [2.05, 4.69) is 15.3 Å². The van der Waals surface area contributed by atoms with Gasteiger partial charge in [-0.05, 0) is 20.8 Å². The van der Waals surface area contributed by atoms with Crippen molar-refractivity contribution in [3.8, 4) is 0 Å². The molecule has 0 radical (unpaired) electrons. The van der Waals surface area contributed by atoms with Crippen molar-refractivity contribution in [1.82, 2.24) is 9.97 Å². The summed E-state index contributed by atoms with van der Waals surface area (Å²) >= 11 is 0. The standard InChI is InChI=1S/C10H17N3O/c1-8(2)14-5-4-11-10-6-9(3)12-7-13-10/h6-8H,4-5H2,1-3H3,(H,11,12,13). The zero-order chi connectivity index (χ0) is 10.4. The Morgan fingerprint density at radius 1 is 1.43 bits per heavy atom. The van der Waals surface area contributed by atoms with Crippen molar-refractivity contribution in [2.24, 2.45) is 0 Å². The molecule has 0 aromatic carbocycles. The molecule has 0 fully saturated rings. The molecule has 1 rings (SSSR count). The van der Waals surface area contributed by atoms with Crippen molar-refractivity contribution in [2.75, 3.05) is 18.5 Å².